The van der Waals surface area contributed by atoms with Crippen molar-refractivity contribution < 1.29 is 0 Å². The molecule has 0 N–H and O–H groups in total. The van der Waals surface area contributed by atoms with E-state index in [1.54, 1.807) is 0 Å². The number of likely N-dealkylation sites (N-methyl/N-ethyl adjacent to an activating group) is 1. The highest BCUT2D eigenvalue weighted by atomic mass is 15.0. The van der Waals surface area contributed by atoms with Gasteiger partial charge in [0.25, 0.3) is 0 Å². The third-order valence-electron chi connectivity index (χ3n) is 2.76. The fraction of sp³-hybridized carbons (Fsp3) is 0.800. The highest BCUT2D eigenvalue weighted by molar-refractivity contribution is 4.90. The van der Waals surface area contributed by atoms with Gasteiger partial charge in [-0.1, -0.05) is 39.5 Å². The molecule has 0 aliphatic heterocycles. The largest absolute Gasteiger partial charge is 0.305 e. The lowest BCUT2D eigenvalue weighted by atomic mass is 9.96. The van der Waals surface area contributed by atoms with Gasteiger partial charge in [0.05, 0.1) is 0 Å². The first-order valence-electron chi connectivity index (χ1n) is 6.76. The first-order chi connectivity index (χ1) is 7.70. The third-order valence-corrected chi connectivity index (χ3v) is 2.76. The summed E-state index contributed by atoms with van der Waals surface area (Å²) in [6, 6.07) is 0. The van der Waals surface area contributed by atoms with E-state index in [2.05, 4.69) is 50.7 Å². The van der Waals surface area contributed by atoms with Crippen LogP contribution in [0.25, 0.3) is 0 Å². The third kappa shape index (κ3) is 10.0. The molecule has 94 valence electrons. The Hall–Kier alpha value is -0.520. The Kier molecular flexibility index (Phi) is 10.6. The summed E-state index contributed by atoms with van der Waals surface area (Å²) in [5.74, 6) is 0.748. The van der Waals surface area contributed by atoms with E-state index in [9.17, 15) is 0 Å². The smallest absolute Gasteiger partial charge is 0.0232 e. The van der Waals surface area contributed by atoms with Crippen molar-refractivity contribution in [3.8, 4) is 0 Å². The van der Waals surface area contributed by atoms with Crippen molar-refractivity contribution in [2.75, 3.05) is 20.6 Å². The molecule has 1 heteroatoms. The average Bonchev–Trinajstić information content (AvgIpc) is 2.26. The molecule has 0 bridgehead atoms. The zero-order valence-corrected chi connectivity index (χ0v) is 11.6. The van der Waals surface area contributed by atoms with Gasteiger partial charge in [0.1, 0.15) is 0 Å². The molecule has 0 aromatic carbocycles. The Balaban J connectivity index is 4.01. The van der Waals surface area contributed by atoms with Crippen molar-refractivity contribution in [1.82, 2.24) is 4.90 Å². The first kappa shape index (κ1) is 15.5. The molecule has 0 radical (unpaired) electrons. The Morgan fingerprint density at radius 2 is 1.62 bits per heavy atom. The number of hydrogen-bond donors (Lipinski definition) is 0. The van der Waals surface area contributed by atoms with Crippen molar-refractivity contribution in [3.63, 3.8) is 0 Å². The molecule has 0 aliphatic rings. The minimum Gasteiger partial charge on any atom is -0.305 e. The second-order valence-corrected chi connectivity index (χ2v) is 4.84. The topological polar surface area (TPSA) is 3.24 Å². The van der Waals surface area contributed by atoms with Crippen molar-refractivity contribution in [1.29, 1.82) is 0 Å². The maximum absolute atomic E-state index is 3.34. The zero-order chi connectivity index (χ0) is 12.2. The van der Waals surface area contributed by atoms with Crippen molar-refractivity contribution in [2.24, 2.45) is 5.92 Å². The zero-order valence-electron chi connectivity index (χ0n) is 11.6. The standard InChI is InChI=1S/C15H29N/c1-5-7-11-15(12-8-6-2)13-9-10-14-16(3)4/h10,13,15H,5-8,11-12,14H2,1-4H3. The molecule has 0 rings (SSSR count). The number of hydrogen-bond acceptors (Lipinski definition) is 1. The van der Waals surface area contributed by atoms with Gasteiger partial charge in [-0.2, -0.15) is 0 Å². The van der Waals surface area contributed by atoms with Gasteiger partial charge in [0, 0.05) is 6.54 Å². The molecule has 0 aromatic rings. The van der Waals surface area contributed by atoms with Gasteiger partial charge >= 0.3 is 0 Å². The van der Waals surface area contributed by atoms with Crippen LogP contribution in [0.1, 0.15) is 52.4 Å². The molecule has 0 atom stereocenters. The fourth-order valence-corrected chi connectivity index (χ4v) is 1.68. The molecular formula is C15H29N. The quantitative estimate of drug-likeness (QED) is 0.528. The lowest BCUT2D eigenvalue weighted by Crippen LogP contribution is -2.10. The molecule has 0 amide bonds. The molecule has 0 saturated heterocycles. The van der Waals surface area contributed by atoms with E-state index < -0.39 is 0 Å². The second kappa shape index (κ2) is 11.0. The summed E-state index contributed by atoms with van der Waals surface area (Å²) in [6.45, 7) is 5.52. The van der Waals surface area contributed by atoms with E-state index in [1.807, 2.05) is 0 Å². The van der Waals surface area contributed by atoms with E-state index in [4.69, 9.17) is 0 Å². The molecule has 0 aromatic heterocycles. The SMILES string of the molecule is CCCCC(C=C=CCN(C)C)CCCC. The molecule has 0 saturated carbocycles. The molecule has 0 aliphatic carbocycles. The summed E-state index contributed by atoms with van der Waals surface area (Å²) in [5.41, 5.74) is 3.34. The van der Waals surface area contributed by atoms with Crippen molar-refractivity contribution >= 4 is 0 Å². The monoisotopic (exact) mass is 223 g/mol. The average molecular weight is 223 g/mol. The van der Waals surface area contributed by atoms with Crippen molar-refractivity contribution in [2.45, 2.75) is 52.4 Å². The van der Waals surface area contributed by atoms with E-state index in [0.717, 1.165) is 12.5 Å². The number of rotatable bonds is 9. The van der Waals surface area contributed by atoms with Gasteiger partial charge in [-0.15, -0.1) is 5.73 Å². The number of unbranched alkanes of at least 4 members (excludes halogenated alkanes) is 2. The fourth-order valence-electron chi connectivity index (χ4n) is 1.68. The van der Waals surface area contributed by atoms with Crippen LogP contribution in [-0.4, -0.2) is 25.5 Å². The van der Waals surface area contributed by atoms with Gasteiger partial charge < -0.3 is 4.90 Å². The minimum absolute atomic E-state index is 0.748. The lowest BCUT2D eigenvalue weighted by Gasteiger charge is -2.10. The van der Waals surface area contributed by atoms with E-state index in [1.165, 1.54) is 38.5 Å². The van der Waals surface area contributed by atoms with Crippen LogP contribution in [0, 0.1) is 5.92 Å². The highest BCUT2D eigenvalue weighted by Gasteiger charge is 2.02. The van der Waals surface area contributed by atoms with Gasteiger partial charge in [0.2, 0.25) is 0 Å². The predicted molar refractivity (Wildman–Crippen MR) is 73.7 cm³/mol. The van der Waals surface area contributed by atoms with Crippen molar-refractivity contribution in [3.05, 3.63) is 17.9 Å². The van der Waals surface area contributed by atoms with Gasteiger partial charge in [0.15, 0.2) is 0 Å². The van der Waals surface area contributed by atoms with Crippen LogP contribution in [0.15, 0.2) is 17.9 Å². The van der Waals surface area contributed by atoms with Crippen LogP contribution in [0.3, 0.4) is 0 Å². The molecule has 16 heavy (non-hydrogen) atoms. The normalized spacial score (nSPS) is 10.6. The maximum Gasteiger partial charge on any atom is 0.0232 e. The van der Waals surface area contributed by atoms with Gasteiger partial charge in [-0.05, 0) is 45.0 Å². The van der Waals surface area contributed by atoms with Crippen LogP contribution in [-0.2, 0) is 0 Å². The van der Waals surface area contributed by atoms with Crippen LogP contribution in [0.4, 0.5) is 0 Å². The van der Waals surface area contributed by atoms with E-state index in [-0.39, 0.29) is 0 Å². The highest BCUT2D eigenvalue weighted by Crippen LogP contribution is 2.16. The molecule has 1 nitrogen and oxygen atoms in total. The first-order valence-corrected chi connectivity index (χ1v) is 6.76. The Labute approximate surface area is 102 Å². The summed E-state index contributed by atoms with van der Waals surface area (Å²) in [6.07, 6.45) is 12.4. The Morgan fingerprint density at radius 1 is 1.06 bits per heavy atom. The Morgan fingerprint density at radius 3 is 2.06 bits per heavy atom. The lowest BCUT2D eigenvalue weighted by molar-refractivity contribution is 0.456. The maximum atomic E-state index is 3.34. The van der Waals surface area contributed by atoms with Crippen LogP contribution in [0.5, 0.6) is 0 Å². The Bertz CT molecular complexity index is 191. The predicted octanol–water partition coefficient (Wildman–Crippen LogP) is 4.26. The number of nitrogens with zero attached hydrogens (tertiary/aromatic N) is 1. The molecule has 0 unspecified atom stereocenters. The summed E-state index contributed by atoms with van der Waals surface area (Å²) < 4.78 is 0. The van der Waals surface area contributed by atoms with Gasteiger partial charge in [-0.3, -0.25) is 0 Å². The summed E-state index contributed by atoms with van der Waals surface area (Å²) >= 11 is 0. The molecule has 0 spiro atoms. The van der Waals surface area contributed by atoms with E-state index in [0.29, 0.717) is 0 Å². The van der Waals surface area contributed by atoms with Crippen LogP contribution >= 0.6 is 0 Å². The van der Waals surface area contributed by atoms with E-state index >= 15 is 0 Å². The summed E-state index contributed by atoms with van der Waals surface area (Å²) in [7, 11) is 4.17. The van der Waals surface area contributed by atoms with Crippen LogP contribution in [0.2, 0.25) is 0 Å². The molecular weight excluding hydrogens is 194 g/mol. The molecule has 0 heterocycles. The summed E-state index contributed by atoms with van der Waals surface area (Å²) in [5, 5.41) is 0. The molecule has 0 fully saturated rings. The van der Waals surface area contributed by atoms with Crippen LogP contribution < -0.4 is 0 Å². The second-order valence-electron chi connectivity index (χ2n) is 4.84. The summed E-state index contributed by atoms with van der Waals surface area (Å²) in [4.78, 5) is 2.16. The minimum atomic E-state index is 0.748. The van der Waals surface area contributed by atoms with Gasteiger partial charge in [-0.25, -0.2) is 0 Å².